The van der Waals surface area contributed by atoms with E-state index >= 15 is 0 Å². The van der Waals surface area contributed by atoms with Crippen LogP contribution in [0.2, 0.25) is 5.02 Å². The topological polar surface area (TPSA) is 71.1 Å². The standard InChI is InChI=1S/C19H19ClN4O2/c20-14-10-22-19(23-11-14)26-15-4-3-7-24(12-15)18(25)8-13-9-21-17-6-2-1-5-16(13)17/h1-2,5-6,9-11,15,21H,3-4,7-8,12H2/t15-/m0/s1. The first-order chi connectivity index (χ1) is 12.7. The lowest BCUT2D eigenvalue weighted by molar-refractivity contribution is -0.133. The quantitative estimate of drug-likeness (QED) is 0.765. The number of carbonyl (C=O) groups excluding carboxylic acids is 1. The Labute approximate surface area is 156 Å². The van der Waals surface area contributed by atoms with E-state index in [-0.39, 0.29) is 12.0 Å². The Bertz CT molecular complexity index is 909. The Balaban J connectivity index is 1.40. The molecule has 1 aromatic carbocycles. The predicted octanol–water partition coefficient (Wildman–Crippen LogP) is 3.22. The van der Waals surface area contributed by atoms with E-state index in [2.05, 4.69) is 15.0 Å². The molecule has 1 aliphatic rings. The van der Waals surface area contributed by atoms with E-state index in [0.717, 1.165) is 35.9 Å². The van der Waals surface area contributed by atoms with E-state index in [9.17, 15) is 4.79 Å². The minimum absolute atomic E-state index is 0.100. The van der Waals surface area contributed by atoms with Gasteiger partial charge in [0.25, 0.3) is 0 Å². The van der Waals surface area contributed by atoms with Gasteiger partial charge in [-0.05, 0) is 24.5 Å². The van der Waals surface area contributed by atoms with Crippen LogP contribution in [0, 0.1) is 0 Å². The van der Waals surface area contributed by atoms with E-state index in [4.69, 9.17) is 16.3 Å². The van der Waals surface area contributed by atoms with Crippen LogP contribution in [-0.2, 0) is 11.2 Å². The summed E-state index contributed by atoms with van der Waals surface area (Å²) in [6.45, 7) is 1.30. The van der Waals surface area contributed by atoms with Crippen molar-refractivity contribution in [3.8, 4) is 6.01 Å². The van der Waals surface area contributed by atoms with E-state index in [1.807, 2.05) is 35.4 Å². The number of amides is 1. The van der Waals surface area contributed by atoms with Crippen molar-refractivity contribution in [3.05, 3.63) is 53.4 Å². The summed E-state index contributed by atoms with van der Waals surface area (Å²) in [5.41, 5.74) is 2.07. The maximum atomic E-state index is 12.8. The van der Waals surface area contributed by atoms with Crippen LogP contribution in [0.3, 0.4) is 0 Å². The Morgan fingerprint density at radius 2 is 2.12 bits per heavy atom. The van der Waals surface area contributed by atoms with Gasteiger partial charge in [-0.3, -0.25) is 4.79 Å². The van der Waals surface area contributed by atoms with Crippen LogP contribution in [0.5, 0.6) is 6.01 Å². The van der Waals surface area contributed by atoms with Crippen LogP contribution < -0.4 is 4.74 Å². The second-order valence-corrected chi connectivity index (χ2v) is 6.88. The van der Waals surface area contributed by atoms with Gasteiger partial charge in [0, 0.05) is 23.6 Å². The minimum Gasteiger partial charge on any atom is -0.458 e. The molecule has 3 heterocycles. The maximum Gasteiger partial charge on any atom is 0.316 e. The van der Waals surface area contributed by atoms with Crippen molar-refractivity contribution in [1.82, 2.24) is 19.9 Å². The van der Waals surface area contributed by atoms with Gasteiger partial charge in [0.05, 0.1) is 30.4 Å². The molecule has 1 saturated heterocycles. The molecule has 0 saturated carbocycles. The number of benzene rings is 1. The van der Waals surface area contributed by atoms with E-state index < -0.39 is 0 Å². The molecule has 0 bridgehead atoms. The van der Waals surface area contributed by atoms with Crippen LogP contribution in [-0.4, -0.2) is 45.0 Å². The van der Waals surface area contributed by atoms with E-state index in [1.165, 1.54) is 12.4 Å². The number of halogens is 1. The first kappa shape index (κ1) is 16.8. The number of piperidine rings is 1. The molecule has 26 heavy (non-hydrogen) atoms. The molecular weight excluding hydrogens is 352 g/mol. The van der Waals surface area contributed by atoms with Crippen LogP contribution in [0.1, 0.15) is 18.4 Å². The minimum atomic E-state index is -0.100. The van der Waals surface area contributed by atoms with Gasteiger partial charge in [0.1, 0.15) is 6.10 Å². The first-order valence-electron chi connectivity index (χ1n) is 8.66. The smallest absolute Gasteiger partial charge is 0.316 e. The van der Waals surface area contributed by atoms with Gasteiger partial charge in [-0.1, -0.05) is 29.8 Å². The number of para-hydroxylation sites is 1. The molecule has 1 atom stereocenters. The van der Waals surface area contributed by atoms with Gasteiger partial charge < -0.3 is 14.6 Å². The molecule has 1 amide bonds. The number of hydrogen-bond acceptors (Lipinski definition) is 4. The van der Waals surface area contributed by atoms with Crippen molar-refractivity contribution in [2.45, 2.75) is 25.4 Å². The van der Waals surface area contributed by atoms with Crippen molar-refractivity contribution >= 4 is 28.4 Å². The molecule has 1 N–H and O–H groups in total. The molecule has 4 rings (SSSR count). The number of likely N-dealkylation sites (tertiary alicyclic amines) is 1. The van der Waals surface area contributed by atoms with Gasteiger partial charge in [0.2, 0.25) is 5.91 Å². The fraction of sp³-hybridized carbons (Fsp3) is 0.316. The normalized spacial score (nSPS) is 17.4. The molecule has 1 fully saturated rings. The molecule has 0 spiro atoms. The molecule has 3 aromatic rings. The molecule has 1 aliphatic heterocycles. The van der Waals surface area contributed by atoms with E-state index in [1.54, 1.807) is 0 Å². The zero-order chi connectivity index (χ0) is 17.9. The Kier molecular flexibility index (Phi) is 4.75. The summed E-state index contributed by atoms with van der Waals surface area (Å²) in [6.07, 6.45) is 6.99. The van der Waals surface area contributed by atoms with Gasteiger partial charge in [-0.25, -0.2) is 9.97 Å². The summed E-state index contributed by atoms with van der Waals surface area (Å²) < 4.78 is 5.82. The molecule has 6 nitrogen and oxygen atoms in total. The van der Waals surface area contributed by atoms with Crippen molar-refractivity contribution in [1.29, 1.82) is 0 Å². The number of carbonyl (C=O) groups is 1. The molecular formula is C19H19ClN4O2. The number of ether oxygens (including phenoxy) is 1. The Hall–Kier alpha value is -2.60. The van der Waals surface area contributed by atoms with Gasteiger partial charge in [-0.2, -0.15) is 0 Å². The van der Waals surface area contributed by atoms with Gasteiger partial charge >= 0.3 is 6.01 Å². The first-order valence-corrected chi connectivity index (χ1v) is 9.04. The Morgan fingerprint density at radius 1 is 1.31 bits per heavy atom. The number of rotatable bonds is 4. The van der Waals surface area contributed by atoms with Crippen molar-refractivity contribution in [2.75, 3.05) is 13.1 Å². The highest BCUT2D eigenvalue weighted by atomic mass is 35.5. The third-order valence-corrected chi connectivity index (χ3v) is 4.81. The highest BCUT2D eigenvalue weighted by molar-refractivity contribution is 6.30. The highest BCUT2D eigenvalue weighted by Crippen LogP contribution is 2.21. The fourth-order valence-corrected chi connectivity index (χ4v) is 3.42. The monoisotopic (exact) mass is 370 g/mol. The lowest BCUT2D eigenvalue weighted by Gasteiger charge is -2.32. The average Bonchev–Trinajstić information content (AvgIpc) is 3.07. The highest BCUT2D eigenvalue weighted by Gasteiger charge is 2.26. The van der Waals surface area contributed by atoms with Crippen LogP contribution in [0.25, 0.3) is 10.9 Å². The third-order valence-electron chi connectivity index (χ3n) is 4.62. The SMILES string of the molecule is O=C(Cc1c[nH]c2ccccc12)N1CCC[C@H](Oc2ncc(Cl)cn2)C1. The van der Waals surface area contributed by atoms with Crippen molar-refractivity contribution in [2.24, 2.45) is 0 Å². The number of aromatic nitrogens is 3. The van der Waals surface area contributed by atoms with Gasteiger partial charge in [0.15, 0.2) is 0 Å². The number of H-pyrrole nitrogens is 1. The van der Waals surface area contributed by atoms with Crippen molar-refractivity contribution < 1.29 is 9.53 Å². The number of aromatic amines is 1. The number of hydrogen-bond donors (Lipinski definition) is 1. The summed E-state index contributed by atoms with van der Waals surface area (Å²) in [7, 11) is 0. The maximum absolute atomic E-state index is 12.8. The number of nitrogens with zero attached hydrogens (tertiary/aromatic N) is 3. The molecule has 7 heteroatoms. The Morgan fingerprint density at radius 3 is 2.96 bits per heavy atom. The van der Waals surface area contributed by atoms with E-state index in [0.29, 0.717) is 24.0 Å². The van der Waals surface area contributed by atoms with Crippen LogP contribution in [0.15, 0.2) is 42.9 Å². The van der Waals surface area contributed by atoms with Crippen LogP contribution >= 0.6 is 11.6 Å². The molecule has 0 aliphatic carbocycles. The summed E-state index contributed by atoms with van der Waals surface area (Å²) in [6, 6.07) is 8.32. The predicted molar refractivity (Wildman–Crippen MR) is 99.3 cm³/mol. The molecule has 134 valence electrons. The lowest BCUT2D eigenvalue weighted by Crippen LogP contribution is -2.45. The molecule has 0 radical (unpaired) electrons. The molecule has 0 unspecified atom stereocenters. The summed E-state index contributed by atoms with van der Waals surface area (Å²) in [4.78, 5) is 26.0. The number of nitrogens with one attached hydrogen (secondary N) is 1. The zero-order valence-electron chi connectivity index (χ0n) is 14.2. The van der Waals surface area contributed by atoms with Crippen molar-refractivity contribution in [3.63, 3.8) is 0 Å². The average molecular weight is 371 g/mol. The summed E-state index contributed by atoms with van der Waals surface area (Å²) >= 11 is 5.79. The number of fused-ring (bicyclic) bond motifs is 1. The lowest BCUT2D eigenvalue weighted by atomic mass is 10.1. The second-order valence-electron chi connectivity index (χ2n) is 6.44. The summed E-state index contributed by atoms with van der Waals surface area (Å²) in [5.74, 6) is 0.111. The summed E-state index contributed by atoms with van der Waals surface area (Å²) in [5, 5.41) is 1.57. The fourth-order valence-electron chi connectivity index (χ4n) is 3.32. The third kappa shape index (κ3) is 3.65. The largest absolute Gasteiger partial charge is 0.458 e. The second kappa shape index (κ2) is 7.33. The molecule has 2 aromatic heterocycles. The van der Waals surface area contributed by atoms with Gasteiger partial charge in [-0.15, -0.1) is 0 Å². The zero-order valence-corrected chi connectivity index (χ0v) is 14.9. The van der Waals surface area contributed by atoms with Crippen LogP contribution in [0.4, 0.5) is 0 Å².